The van der Waals surface area contributed by atoms with Crippen molar-refractivity contribution in [3.05, 3.63) is 0 Å². The molecule has 0 aliphatic carbocycles. The third-order valence-corrected chi connectivity index (χ3v) is 3.20. The fourth-order valence-electron chi connectivity index (χ4n) is 2.24. The normalized spacial score (nSPS) is 24.6. The van der Waals surface area contributed by atoms with Crippen LogP contribution in [0.2, 0.25) is 0 Å². The minimum Gasteiger partial charge on any atom is -0.481 e. The third kappa shape index (κ3) is 4.49. The van der Waals surface area contributed by atoms with Crippen molar-refractivity contribution in [3.63, 3.8) is 0 Å². The van der Waals surface area contributed by atoms with Crippen LogP contribution in [0.25, 0.3) is 0 Å². The lowest BCUT2D eigenvalue weighted by molar-refractivity contribution is -0.137. The van der Waals surface area contributed by atoms with Gasteiger partial charge in [-0.15, -0.1) is 0 Å². The first-order valence-electron chi connectivity index (χ1n) is 5.97. The van der Waals surface area contributed by atoms with Gasteiger partial charge in [-0.1, -0.05) is 0 Å². The van der Waals surface area contributed by atoms with Crippen molar-refractivity contribution in [1.82, 2.24) is 4.90 Å². The summed E-state index contributed by atoms with van der Waals surface area (Å²) in [4.78, 5) is 12.7. The van der Waals surface area contributed by atoms with Crippen LogP contribution in [0.3, 0.4) is 0 Å². The molecule has 0 aromatic carbocycles. The zero-order valence-electron chi connectivity index (χ0n) is 10.5. The summed E-state index contributed by atoms with van der Waals surface area (Å²) in [5.41, 5.74) is -0.0377. The van der Waals surface area contributed by atoms with E-state index in [1.165, 1.54) is 0 Å². The number of ether oxygens (including phenoxy) is 1. The van der Waals surface area contributed by atoms with Crippen LogP contribution in [-0.4, -0.2) is 47.8 Å². The van der Waals surface area contributed by atoms with Gasteiger partial charge in [0, 0.05) is 19.1 Å². The second-order valence-electron chi connectivity index (χ2n) is 5.23. The lowest BCUT2D eigenvalue weighted by Crippen LogP contribution is -2.44. The topological polar surface area (TPSA) is 49.8 Å². The largest absolute Gasteiger partial charge is 0.481 e. The number of hydrogen-bond acceptors (Lipinski definition) is 3. The van der Waals surface area contributed by atoms with E-state index in [1.54, 1.807) is 0 Å². The van der Waals surface area contributed by atoms with E-state index in [0.29, 0.717) is 6.04 Å². The molecular weight excluding hydrogens is 206 g/mol. The number of hydrogen-bond donors (Lipinski definition) is 1. The maximum Gasteiger partial charge on any atom is 0.303 e. The first-order chi connectivity index (χ1) is 7.41. The molecular formula is C12H23NO3. The maximum atomic E-state index is 10.4. The molecule has 1 aliphatic rings. The number of carbonyl (C=O) groups is 1. The van der Waals surface area contributed by atoms with Crippen molar-refractivity contribution in [1.29, 1.82) is 0 Å². The van der Waals surface area contributed by atoms with Gasteiger partial charge < -0.3 is 14.7 Å². The summed E-state index contributed by atoms with van der Waals surface area (Å²) < 4.78 is 5.67. The van der Waals surface area contributed by atoms with E-state index < -0.39 is 5.97 Å². The highest BCUT2D eigenvalue weighted by Crippen LogP contribution is 2.26. The zero-order chi connectivity index (χ0) is 12.2. The van der Waals surface area contributed by atoms with Crippen LogP contribution in [0.1, 0.15) is 39.5 Å². The highest BCUT2D eigenvalue weighted by Gasteiger charge is 2.30. The van der Waals surface area contributed by atoms with E-state index in [-0.39, 0.29) is 12.0 Å². The van der Waals surface area contributed by atoms with Crippen molar-refractivity contribution >= 4 is 5.97 Å². The molecule has 0 spiro atoms. The number of rotatable bonds is 5. The molecule has 0 aromatic heterocycles. The number of carboxylic acids is 1. The molecule has 0 amide bonds. The second-order valence-corrected chi connectivity index (χ2v) is 5.23. The number of carboxylic acid groups (broad SMARTS) is 1. The Hall–Kier alpha value is -0.610. The Labute approximate surface area is 97.6 Å². The summed E-state index contributed by atoms with van der Waals surface area (Å²) >= 11 is 0. The molecule has 1 atom stereocenters. The van der Waals surface area contributed by atoms with Gasteiger partial charge in [-0.2, -0.15) is 0 Å². The number of nitrogens with zero attached hydrogens (tertiary/aromatic N) is 1. The van der Waals surface area contributed by atoms with Gasteiger partial charge in [0.25, 0.3) is 0 Å². The van der Waals surface area contributed by atoms with E-state index in [1.807, 2.05) is 0 Å². The number of aliphatic carboxylic acids is 1. The molecule has 0 radical (unpaired) electrons. The minimum absolute atomic E-state index is 0.0377. The average Bonchev–Trinajstić information content (AvgIpc) is 2.15. The molecule has 1 saturated heterocycles. The van der Waals surface area contributed by atoms with Gasteiger partial charge in [-0.3, -0.25) is 4.79 Å². The van der Waals surface area contributed by atoms with Gasteiger partial charge in [-0.25, -0.2) is 0 Å². The average molecular weight is 229 g/mol. The molecule has 1 aliphatic heterocycles. The highest BCUT2D eigenvalue weighted by atomic mass is 16.5. The van der Waals surface area contributed by atoms with E-state index in [0.717, 1.165) is 32.4 Å². The molecule has 1 fully saturated rings. The van der Waals surface area contributed by atoms with Crippen LogP contribution in [-0.2, 0) is 9.53 Å². The fraction of sp³-hybridized carbons (Fsp3) is 0.917. The van der Waals surface area contributed by atoms with Gasteiger partial charge in [-0.05, 0) is 46.7 Å². The summed E-state index contributed by atoms with van der Waals surface area (Å²) in [5.74, 6) is -0.708. The second kappa shape index (κ2) is 5.64. The van der Waals surface area contributed by atoms with Gasteiger partial charge in [0.15, 0.2) is 0 Å². The first kappa shape index (κ1) is 13.5. The van der Waals surface area contributed by atoms with E-state index in [4.69, 9.17) is 9.84 Å². The molecule has 0 bridgehead atoms. The summed E-state index contributed by atoms with van der Waals surface area (Å²) in [6.45, 7) is 5.89. The Morgan fingerprint density at radius 2 is 2.25 bits per heavy atom. The Morgan fingerprint density at radius 3 is 2.81 bits per heavy atom. The smallest absolute Gasteiger partial charge is 0.303 e. The predicted octanol–water partition coefficient (Wildman–Crippen LogP) is 1.74. The fourth-order valence-corrected chi connectivity index (χ4v) is 2.24. The summed E-state index contributed by atoms with van der Waals surface area (Å²) in [5, 5.41) is 8.58. The molecule has 1 N–H and O–H groups in total. The van der Waals surface area contributed by atoms with Crippen LogP contribution in [0.5, 0.6) is 0 Å². The molecule has 0 saturated carbocycles. The van der Waals surface area contributed by atoms with E-state index in [2.05, 4.69) is 25.8 Å². The molecule has 4 nitrogen and oxygen atoms in total. The molecule has 0 aromatic rings. The van der Waals surface area contributed by atoms with Crippen molar-refractivity contribution in [2.75, 3.05) is 20.2 Å². The van der Waals surface area contributed by atoms with Crippen molar-refractivity contribution in [3.8, 4) is 0 Å². The van der Waals surface area contributed by atoms with Crippen LogP contribution in [0, 0.1) is 0 Å². The standard InChI is InChI=1S/C12H23NO3/c1-12(2)9-10(6-8-16-12)13(3)7-4-5-11(14)15/h10H,4-9H2,1-3H3,(H,14,15). The Balaban J connectivity index is 2.30. The van der Waals surface area contributed by atoms with E-state index >= 15 is 0 Å². The van der Waals surface area contributed by atoms with Gasteiger partial charge in [0.05, 0.1) is 5.60 Å². The van der Waals surface area contributed by atoms with Crippen LogP contribution < -0.4 is 0 Å². The van der Waals surface area contributed by atoms with Crippen LogP contribution >= 0.6 is 0 Å². The molecule has 94 valence electrons. The quantitative estimate of drug-likeness (QED) is 0.780. The summed E-state index contributed by atoms with van der Waals surface area (Å²) in [6.07, 6.45) is 3.06. The predicted molar refractivity (Wildman–Crippen MR) is 62.6 cm³/mol. The Bertz CT molecular complexity index is 240. The molecule has 16 heavy (non-hydrogen) atoms. The lowest BCUT2D eigenvalue weighted by atomic mass is 9.93. The molecule has 1 rings (SSSR count). The van der Waals surface area contributed by atoms with Gasteiger partial charge in [0.1, 0.15) is 0 Å². The summed E-state index contributed by atoms with van der Waals surface area (Å²) in [7, 11) is 2.08. The zero-order valence-corrected chi connectivity index (χ0v) is 10.5. The highest BCUT2D eigenvalue weighted by molar-refractivity contribution is 5.66. The molecule has 1 unspecified atom stereocenters. The van der Waals surface area contributed by atoms with Gasteiger partial charge >= 0.3 is 5.97 Å². The molecule has 1 heterocycles. The van der Waals surface area contributed by atoms with Gasteiger partial charge in [0.2, 0.25) is 0 Å². The maximum absolute atomic E-state index is 10.4. The minimum atomic E-state index is -0.708. The van der Waals surface area contributed by atoms with Crippen LogP contribution in [0.15, 0.2) is 0 Å². The SMILES string of the molecule is CN(CCCC(=O)O)C1CCOC(C)(C)C1. The van der Waals surface area contributed by atoms with Crippen molar-refractivity contribution in [2.24, 2.45) is 0 Å². The monoisotopic (exact) mass is 229 g/mol. The Morgan fingerprint density at radius 1 is 1.56 bits per heavy atom. The third-order valence-electron chi connectivity index (χ3n) is 3.20. The first-order valence-corrected chi connectivity index (χ1v) is 5.97. The summed E-state index contributed by atoms with van der Waals surface area (Å²) in [6, 6.07) is 0.526. The molecule has 4 heteroatoms. The Kier molecular flexibility index (Phi) is 4.74. The van der Waals surface area contributed by atoms with Crippen LogP contribution in [0.4, 0.5) is 0 Å². The van der Waals surface area contributed by atoms with E-state index in [9.17, 15) is 4.79 Å². The van der Waals surface area contributed by atoms with Crippen molar-refractivity contribution < 1.29 is 14.6 Å². The lowest BCUT2D eigenvalue weighted by Gasteiger charge is -2.39. The van der Waals surface area contributed by atoms with Crippen molar-refractivity contribution in [2.45, 2.75) is 51.2 Å².